The van der Waals surface area contributed by atoms with Gasteiger partial charge in [-0.2, -0.15) is 0 Å². The zero-order valence-corrected chi connectivity index (χ0v) is 40.7. The topological polar surface area (TPSA) is 26.5 Å². The molecule has 71 heavy (non-hydrogen) atoms. The fourth-order valence-electron chi connectivity index (χ4n) is 10.2. The van der Waals surface area contributed by atoms with Crippen molar-refractivity contribution in [3.8, 4) is 27.9 Å². The summed E-state index contributed by atoms with van der Waals surface area (Å²) >= 11 is 0. The van der Waals surface area contributed by atoms with Gasteiger partial charge in [-0.1, -0.05) is 196 Å². The van der Waals surface area contributed by atoms with Crippen LogP contribution in [0, 0.1) is 0 Å². The van der Waals surface area contributed by atoms with E-state index in [1.165, 1.54) is 54.2 Å². The smallest absolute Gasteiger partial charge is 0.222 e. The highest BCUT2D eigenvalue weighted by molar-refractivity contribution is 6.27. The molecule has 0 spiro atoms. The van der Waals surface area contributed by atoms with E-state index in [1.807, 2.05) is 19.1 Å². The molecule has 0 saturated heterocycles. The summed E-state index contributed by atoms with van der Waals surface area (Å²) in [6, 6.07) is 78.2. The number of benzene rings is 10. The molecule has 11 aromatic rings. The molecule has 1 heterocycles. The number of para-hydroxylation sites is 2. The maximum absolute atomic E-state index is 7.00. The molecular weight excluding hydrogens is 861 g/mol. The van der Waals surface area contributed by atoms with Crippen LogP contribution < -0.4 is 0 Å². The van der Waals surface area contributed by atoms with Gasteiger partial charge in [-0.05, 0) is 153 Å². The Morgan fingerprint density at radius 1 is 0.493 bits per heavy atom. The molecule has 1 aromatic heterocycles. The molecule has 3 heteroatoms. The van der Waals surface area contributed by atoms with E-state index in [-0.39, 0.29) is 0 Å². The van der Waals surface area contributed by atoms with Gasteiger partial charge in [0.1, 0.15) is 5.76 Å². The van der Waals surface area contributed by atoms with Gasteiger partial charge in [0.2, 0.25) is 5.88 Å². The van der Waals surface area contributed by atoms with E-state index >= 15 is 0 Å². The van der Waals surface area contributed by atoms with Crippen LogP contribution in [0.1, 0.15) is 50.8 Å². The molecule has 0 unspecified atom stereocenters. The maximum atomic E-state index is 7.00. The van der Waals surface area contributed by atoms with E-state index in [4.69, 9.17) is 9.73 Å². The van der Waals surface area contributed by atoms with Crippen molar-refractivity contribution in [3.63, 3.8) is 0 Å². The average Bonchev–Trinajstić information content (AvgIpc) is 3.76. The van der Waals surface area contributed by atoms with Gasteiger partial charge in [-0.15, -0.1) is 0 Å². The zero-order chi connectivity index (χ0) is 48.4. The molecule has 342 valence electrons. The Balaban J connectivity index is 1.13. The molecule has 0 amide bonds. The summed E-state index contributed by atoms with van der Waals surface area (Å²) < 4.78 is 9.37. The molecule has 10 aromatic carbocycles. The quantitative estimate of drug-likeness (QED) is 0.0519. The van der Waals surface area contributed by atoms with Crippen LogP contribution in [0.4, 0.5) is 0 Å². The lowest BCUT2D eigenvalue weighted by molar-refractivity contribution is 0.301. The average molecular weight is 915 g/mol. The lowest BCUT2D eigenvalue weighted by Crippen LogP contribution is -2.03. The number of fused-ring (bicyclic) bond motifs is 9. The van der Waals surface area contributed by atoms with Gasteiger partial charge in [0, 0.05) is 33.3 Å². The first kappa shape index (κ1) is 44.7. The van der Waals surface area contributed by atoms with Crippen molar-refractivity contribution in [2.24, 2.45) is 4.99 Å². The number of allylic oxidation sites excluding steroid dienone is 6. The largest absolute Gasteiger partial charge is 0.443 e. The van der Waals surface area contributed by atoms with Gasteiger partial charge in [-0.25, -0.2) is 4.99 Å². The van der Waals surface area contributed by atoms with Crippen molar-refractivity contribution in [3.05, 3.63) is 271 Å². The van der Waals surface area contributed by atoms with Crippen LogP contribution in [0.15, 0.2) is 259 Å². The van der Waals surface area contributed by atoms with Crippen LogP contribution in [-0.4, -0.2) is 10.3 Å². The van der Waals surface area contributed by atoms with Crippen LogP contribution in [0.5, 0.6) is 0 Å². The van der Waals surface area contributed by atoms with Crippen molar-refractivity contribution in [2.45, 2.75) is 34.1 Å². The molecule has 0 aliphatic rings. The Morgan fingerprint density at radius 2 is 1.01 bits per heavy atom. The van der Waals surface area contributed by atoms with Crippen LogP contribution >= 0.6 is 0 Å². The Labute approximate surface area is 416 Å². The van der Waals surface area contributed by atoms with Gasteiger partial charge < -0.3 is 9.30 Å². The lowest BCUT2D eigenvalue weighted by atomic mass is 9.88. The van der Waals surface area contributed by atoms with Gasteiger partial charge in [-0.3, -0.25) is 0 Å². The summed E-state index contributed by atoms with van der Waals surface area (Å²) in [5.41, 5.74) is 14.7. The molecule has 0 aliphatic carbocycles. The molecule has 0 radical (unpaired) electrons. The number of ether oxygens (including phenoxy) is 1. The minimum atomic E-state index is 0.494. The predicted molar refractivity (Wildman–Crippen MR) is 304 cm³/mol. The first-order valence-corrected chi connectivity index (χ1v) is 24.5. The summed E-state index contributed by atoms with van der Waals surface area (Å²) in [7, 11) is 0. The second-order valence-corrected chi connectivity index (χ2v) is 18.3. The second-order valence-electron chi connectivity index (χ2n) is 18.3. The normalized spacial score (nSPS) is 12.8. The highest BCUT2D eigenvalue weighted by Gasteiger charge is 2.20. The Hall–Kier alpha value is -8.79. The fraction of sp³-hybridized carbons (Fsp3) is 0.0735. The van der Waals surface area contributed by atoms with Crippen molar-refractivity contribution < 1.29 is 4.74 Å². The summed E-state index contributed by atoms with van der Waals surface area (Å²) in [4.78, 5) is 5.56. The lowest BCUT2D eigenvalue weighted by Gasteiger charge is -2.18. The molecule has 0 saturated carbocycles. The first-order chi connectivity index (χ1) is 34.8. The van der Waals surface area contributed by atoms with Crippen molar-refractivity contribution in [1.29, 1.82) is 0 Å². The van der Waals surface area contributed by atoms with Gasteiger partial charge in [0.05, 0.1) is 11.0 Å². The van der Waals surface area contributed by atoms with Crippen molar-refractivity contribution >= 4 is 71.0 Å². The van der Waals surface area contributed by atoms with Crippen LogP contribution in [0.2, 0.25) is 0 Å². The summed E-state index contributed by atoms with van der Waals surface area (Å²) in [6.07, 6.45) is 5.24. The number of nitrogens with zero attached hydrogens (tertiary/aromatic N) is 2. The van der Waals surface area contributed by atoms with E-state index in [0.717, 1.165) is 79.2 Å². The SMILES string of the molecule is C=C(/C(C)=C(\N=C(/C)c1cc2c3ccccc3c3ccccc3c2cc1-c1ccc2c(c1)c1ccccc1n2-c1ccccc1)O/C(C)=C/C(=C\CC)c1ccccc1)c1ccc(-c2ccccc2)cc1. The Kier molecular flexibility index (Phi) is 12.2. The van der Waals surface area contributed by atoms with Gasteiger partial charge in [0.15, 0.2) is 0 Å². The third kappa shape index (κ3) is 8.57. The number of hydrogen-bond donors (Lipinski definition) is 0. The van der Waals surface area contributed by atoms with E-state index in [9.17, 15) is 0 Å². The van der Waals surface area contributed by atoms with E-state index in [2.05, 4.69) is 250 Å². The number of aliphatic imine (C=N–C) groups is 1. The molecule has 0 bridgehead atoms. The zero-order valence-electron chi connectivity index (χ0n) is 40.7. The molecule has 11 rings (SSSR count). The summed E-state index contributed by atoms with van der Waals surface area (Å²) in [5, 5.41) is 9.65. The fourth-order valence-corrected chi connectivity index (χ4v) is 10.2. The molecule has 0 fully saturated rings. The van der Waals surface area contributed by atoms with Crippen molar-refractivity contribution in [2.75, 3.05) is 0 Å². The number of aromatic nitrogens is 1. The Bertz CT molecular complexity index is 3940. The van der Waals surface area contributed by atoms with E-state index in [1.54, 1.807) is 0 Å². The minimum Gasteiger partial charge on any atom is -0.443 e. The standard InChI is InChI=1S/C68H54N2O/c1-6-22-53(51-25-12-8-13-26-51)41-45(2)71-68(47(4)46(3)49-35-37-52(38-36-49)50-23-10-7-11-24-50)69-48(5)61-43-63-58-31-18-16-29-56(58)57-30-17-19-32-59(57)64(63)44-62(61)54-39-40-67-65(42-54)60-33-20-21-34-66(60)70(67)55-27-14-9-15-28-55/h7-44H,3,6H2,1-2,4-5H3/b45-41+,53-22+,68-47+,69-48+. The summed E-state index contributed by atoms with van der Waals surface area (Å²) in [5.74, 6) is 1.22. The predicted octanol–water partition coefficient (Wildman–Crippen LogP) is 18.7. The van der Waals surface area contributed by atoms with Crippen LogP contribution in [0.3, 0.4) is 0 Å². The Morgan fingerprint density at radius 3 is 1.66 bits per heavy atom. The maximum Gasteiger partial charge on any atom is 0.222 e. The first-order valence-electron chi connectivity index (χ1n) is 24.5. The molecule has 3 nitrogen and oxygen atoms in total. The number of rotatable bonds is 12. The highest BCUT2D eigenvalue weighted by atomic mass is 16.5. The third-order valence-corrected chi connectivity index (χ3v) is 13.8. The van der Waals surface area contributed by atoms with Gasteiger partial charge in [0.25, 0.3) is 0 Å². The van der Waals surface area contributed by atoms with E-state index in [0.29, 0.717) is 5.88 Å². The molecule has 0 aliphatic heterocycles. The monoisotopic (exact) mass is 914 g/mol. The molecule has 0 N–H and O–H groups in total. The van der Waals surface area contributed by atoms with Gasteiger partial charge >= 0.3 is 0 Å². The van der Waals surface area contributed by atoms with Crippen LogP contribution in [0.25, 0.3) is 93.2 Å². The minimum absolute atomic E-state index is 0.494. The highest BCUT2D eigenvalue weighted by Crippen LogP contribution is 2.42. The third-order valence-electron chi connectivity index (χ3n) is 13.8. The van der Waals surface area contributed by atoms with Crippen LogP contribution in [-0.2, 0) is 4.74 Å². The van der Waals surface area contributed by atoms with Crippen molar-refractivity contribution in [1.82, 2.24) is 4.57 Å². The number of hydrogen-bond acceptors (Lipinski definition) is 2. The summed E-state index contributed by atoms with van der Waals surface area (Å²) in [6.45, 7) is 13.0. The second kappa shape index (κ2) is 19.3. The molecular formula is C68H54N2O. The van der Waals surface area contributed by atoms with E-state index < -0.39 is 0 Å². The molecule has 0 atom stereocenters.